The van der Waals surface area contributed by atoms with Gasteiger partial charge in [-0.2, -0.15) is 0 Å². The molecule has 0 saturated carbocycles. The lowest BCUT2D eigenvalue weighted by atomic mass is 10.1. The van der Waals surface area contributed by atoms with Crippen LogP contribution in [0.5, 0.6) is 5.75 Å². The first-order valence-corrected chi connectivity index (χ1v) is 7.38. The maximum Gasteiger partial charge on any atom is 0.270 e. The van der Waals surface area contributed by atoms with Gasteiger partial charge in [0.2, 0.25) is 0 Å². The molecule has 1 atom stereocenters. The molecule has 0 spiro atoms. The van der Waals surface area contributed by atoms with Crippen molar-refractivity contribution in [2.24, 2.45) is 5.92 Å². The lowest BCUT2D eigenvalue weighted by Gasteiger charge is -2.22. The first-order valence-electron chi connectivity index (χ1n) is 7.38. The van der Waals surface area contributed by atoms with Crippen LogP contribution in [-0.2, 0) is 6.54 Å². The van der Waals surface area contributed by atoms with Crippen LogP contribution in [0.4, 0.5) is 5.69 Å². The van der Waals surface area contributed by atoms with Gasteiger partial charge in [0.05, 0.1) is 11.5 Å². The molecule has 0 bridgehead atoms. The lowest BCUT2D eigenvalue weighted by Crippen LogP contribution is -2.35. The minimum absolute atomic E-state index is 0.0569. The Hall–Kier alpha value is -1.62. The molecule has 0 fully saturated rings. The summed E-state index contributed by atoms with van der Waals surface area (Å²) in [5.74, 6) is 1.18. The number of hydrogen-bond donors (Lipinski definition) is 1. The lowest BCUT2D eigenvalue weighted by molar-refractivity contribution is -0.384. The maximum absolute atomic E-state index is 10.9. The number of nitro benzene ring substituents is 1. The highest BCUT2D eigenvalue weighted by atomic mass is 16.6. The molecule has 1 rings (SSSR count). The monoisotopic (exact) mass is 294 g/mol. The van der Waals surface area contributed by atoms with Crippen LogP contribution in [0.2, 0.25) is 0 Å². The minimum Gasteiger partial charge on any atom is -0.493 e. The van der Waals surface area contributed by atoms with Crippen LogP contribution >= 0.6 is 0 Å². The Morgan fingerprint density at radius 3 is 2.57 bits per heavy atom. The number of non-ortho nitro benzene ring substituents is 1. The van der Waals surface area contributed by atoms with E-state index in [0.717, 1.165) is 17.7 Å². The molecule has 0 heterocycles. The van der Waals surface area contributed by atoms with E-state index >= 15 is 0 Å². The first kappa shape index (κ1) is 17.4. The quantitative estimate of drug-likeness (QED) is 0.611. The Kier molecular flexibility index (Phi) is 6.15. The highest BCUT2D eigenvalue weighted by Gasteiger charge is 2.15. The molecule has 0 radical (unpaired) electrons. The van der Waals surface area contributed by atoms with Crippen LogP contribution in [0.1, 0.15) is 46.6 Å². The van der Waals surface area contributed by atoms with Gasteiger partial charge < -0.3 is 10.1 Å². The number of nitrogens with one attached hydrogen (secondary N) is 1. The van der Waals surface area contributed by atoms with Gasteiger partial charge in [0, 0.05) is 29.8 Å². The normalized spacial score (nSPS) is 13.0. The molecule has 0 aliphatic carbocycles. The predicted octanol–water partition coefficient (Wildman–Crippen LogP) is 3.91. The number of nitro groups is 1. The van der Waals surface area contributed by atoms with Crippen molar-refractivity contribution in [3.05, 3.63) is 33.9 Å². The number of benzene rings is 1. The van der Waals surface area contributed by atoms with Gasteiger partial charge in [-0.05, 0) is 32.8 Å². The van der Waals surface area contributed by atoms with E-state index in [1.807, 2.05) is 0 Å². The summed E-state index contributed by atoms with van der Waals surface area (Å²) in [5, 5.41) is 14.3. The van der Waals surface area contributed by atoms with Gasteiger partial charge in [-0.3, -0.25) is 10.1 Å². The van der Waals surface area contributed by atoms with Crippen LogP contribution in [0, 0.1) is 16.0 Å². The van der Waals surface area contributed by atoms with E-state index in [4.69, 9.17) is 4.74 Å². The second-order valence-electron chi connectivity index (χ2n) is 6.48. The SMILES string of the molecule is CCC(C)COc1ccc([N+](=O)[O-])cc1CNC(C)(C)C. The Morgan fingerprint density at radius 2 is 2.05 bits per heavy atom. The average Bonchev–Trinajstić information content (AvgIpc) is 2.41. The number of nitrogens with zero attached hydrogens (tertiary/aromatic N) is 1. The van der Waals surface area contributed by atoms with Gasteiger partial charge in [0.25, 0.3) is 5.69 Å². The zero-order chi connectivity index (χ0) is 16.0. The van der Waals surface area contributed by atoms with E-state index in [1.165, 1.54) is 6.07 Å². The number of rotatable bonds is 7. The molecule has 0 amide bonds. The van der Waals surface area contributed by atoms with E-state index in [0.29, 0.717) is 19.1 Å². The molecule has 0 aliphatic heterocycles. The molecule has 0 aliphatic rings. The van der Waals surface area contributed by atoms with E-state index < -0.39 is 0 Å². The van der Waals surface area contributed by atoms with E-state index in [1.54, 1.807) is 12.1 Å². The minimum atomic E-state index is -0.376. The smallest absolute Gasteiger partial charge is 0.270 e. The molecular formula is C16H26N2O3. The van der Waals surface area contributed by atoms with E-state index in [-0.39, 0.29) is 16.1 Å². The fraction of sp³-hybridized carbons (Fsp3) is 0.625. The molecule has 21 heavy (non-hydrogen) atoms. The molecule has 0 saturated heterocycles. The van der Waals surface area contributed by atoms with Crippen LogP contribution in [0.3, 0.4) is 0 Å². The van der Waals surface area contributed by atoms with Crippen molar-refractivity contribution in [2.75, 3.05) is 6.61 Å². The summed E-state index contributed by atoms with van der Waals surface area (Å²) in [6.45, 7) is 11.6. The van der Waals surface area contributed by atoms with Crippen LogP contribution < -0.4 is 10.1 Å². The van der Waals surface area contributed by atoms with Crippen molar-refractivity contribution in [1.82, 2.24) is 5.32 Å². The third-order valence-corrected chi connectivity index (χ3v) is 3.28. The molecule has 1 aromatic rings. The second kappa shape index (κ2) is 7.41. The van der Waals surface area contributed by atoms with Crippen molar-refractivity contribution < 1.29 is 9.66 Å². The van der Waals surface area contributed by atoms with Crippen molar-refractivity contribution in [3.8, 4) is 5.75 Å². The van der Waals surface area contributed by atoms with Gasteiger partial charge in [-0.15, -0.1) is 0 Å². The van der Waals surface area contributed by atoms with E-state index in [9.17, 15) is 10.1 Å². The van der Waals surface area contributed by atoms with Crippen molar-refractivity contribution in [1.29, 1.82) is 0 Å². The largest absolute Gasteiger partial charge is 0.493 e. The number of hydrogen-bond acceptors (Lipinski definition) is 4. The van der Waals surface area contributed by atoms with Crippen molar-refractivity contribution in [3.63, 3.8) is 0 Å². The third-order valence-electron chi connectivity index (χ3n) is 3.28. The molecule has 0 aromatic heterocycles. The van der Waals surface area contributed by atoms with Crippen molar-refractivity contribution in [2.45, 2.75) is 53.1 Å². The van der Waals surface area contributed by atoms with Crippen LogP contribution in [0.25, 0.3) is 0 Å². The molecular weight excluding hydrogens is 268 g/mol. The van der Waals surface area contributed by atoms with Gasteiger partial charge in [-0.25, -0.2) is 0 Å². The summed E-state index contributed by atoms with van der Waals surface area (Å²) in [6, 6.07) is 4.78. The summed E-state index contributed by atoms with van der Waals surface area (Å²) >= 11 is 0. The molecule has 1 aromatic carbocycles. The molecule has 118 valence electrons. The molecule has 5 nitrogen and oxygen atoms in total. The first-order chi connectivity index (χ1) is 9.73. The highest BCUT2D eigenvalue weighted by molar-refractivity contribution is 5.43. The number of ether oxygens (including phenoxy) is 1. The summed E-state index contributed by atoms with van der Waals surface area (Å²) in [5.41, 5.74) is 0.859. The van der Waals surface area contributed by atoms with Crippen LogP contribution in [0.15, 0.2) is 18.2 Å². The summed E-state index contributed by atoms with van der Waals surface area (Å²) < 4.78 is 5.83. The zero-order valence-corrected chi connectivity index (χ0v) is 13.6. The maximum atomic E-state index is 10.9. The Balaban J connectivity index is 2.91. The topological polar surface area (TPSA) is 64.4 Å². The third kappa shape index (κ3) is 6.12. The Labute approximate surface area is 126 Å². The standard InChI is InChI=1S/C16H26N2O3/c1-6-12(2)11-21-15-8-7-14(18(19)20)9-13(15)10-17-16(3,4)5/h7-9,12,17H,6,10-11H2,1-5H3. The predicted molar refractivity (Wildman–Crippen MR) is 84.6 cm³/mol. The summed E-state index contributed by atoms with van der Waals surface area (Å²) in [4.78, 5) is 10.5. The fourth-order valence-electron chi connectivity index (χ4n) is 1.67. The Bertz CT molecular complexity index is 481. The highest BCUT2D eigenvalue weighted by Crippen LogP contribution is 2.25. The van der Waals surface area contributed by atoms with E-state index in [2.05, 4.69) is 39.9 Å². The van der Waals surface area contributed by atoms with Gasteiger partial charge in [0.15, 0.2) is 0 Å². The summed E-state index contributed by atoms with van der Waals surface area (Å²) in [7, 11) is 0. The molecule has 5 heteroatoms. The summed E-state index contributed by atoms with van der Waals surface area (Å²) in [6.07, 6.45) is 1.04. The van der Waals surface area contributed by atoms with Gasteiger partial charge >= 0.3 is 0 Å². The zero-order valence-electron chi connectivity index (χ0n) is 13.6. The molecule has 1 N–H and O–H groups in total. The Morgan fingerprint density at radius 1 is 1.38 bits per heavy atom. The van der Waals surface area contributed by atoms with Crippen LogP contribution in [-0.4, -0.2) is 17.1 Å². The second-order valence-corrected chi connectivity index (χ2v) is 6.48. The molecule has 1 unspecified atom stereocenters. The average molecular weight is 294 g/mol. The van der Waals surface area contributed by atoms with Gasteiger partial charge in [0.1, 0.15) is 5.75 Å². The fourth-order valence-corrected chi connectivity index (χ4v) is 1.67. The van der Waals surface area contributed by atoms with Crippen molar-refractivity contribution >= 4 is 5.69 Å². The van der Waals surface area contributed by atoms with Gasteiger partial charge in [-0.1, -0.05) is 20.3 Å².